The van der Waals surface area contributed by atoms with Gasteiger partial charge < -0.3 is 4.90 Å². The molecule has 4 rings (SSSR count). The van der Waals surface area contributed by atoms with E-state index in [2.05, 4.69) is 61.7 Å². The summed E-state index contributed by atoms with van der Waals surface area (Å²) in [5, 5.41) is 0. The Morgan fingerprint density at radius 3 is 2.54 bits per heavy atom. The lowest BCUT2D eigenvalue weighted by Crippen LogP contribution is -2.57. The third kappa shape index (κ3) is 3.54. The molecule has 6 heteroatoms. The van der Waals surface area contributed by atoms with Crippen LogP contribution in [-0.4, -0.2) is 81.6 Å². The van der Waals surface area contributed by atoms with Gasteiger partial charge in [-0.05, 0) is 77.7 Å². The summed E-state index contributed by atoms with van der Waals surface area (Å²) in [6.07, 6.45) is 9.44. The van der Waals surface area contributed by atoms with Gasteiger partial charge in [-0.25, -0.2) is 9.97 Å². The zero-order valence-electron chi connectivity index (χ0n) is 16.0. The first-order valence-electron chi connectivity index (χ1n) is 9.72. The van der Waals surface area contributed by atoms with Crippen LogP contribution in [0, 0.1) is 0 Å². The van der Waals surface area contributed by atoms with Crippen LogP contribution in [0.5, 0.6) is 0 Å². The molecule has 0 atom stereocenters. The number of likely N-dealkylation sites (N-methyl/N-ethyl adjacent to an activating group) is 1. The molecule has 0 radical (unpaired) electrons. The maximum Gasteiger partial charge on any atom is 0.233 e. The molecule has 0 aromatic carbocycles. The highest BCUT2D eigenvalue weighted by Gasteiger charge is 2.40. The van der Waals surface area contributed by atoms with Crippen molar-refractivity contribution in [2.45, 2.75) is 31.3 Å². The predicted molar refractivity (Wildman–Crippen MR) is 103 cm³/mol. The Hall–Kier alpha value is -1.76. The average molecular weight is 355 g/mol. The van der Waals surface area contributed by atoms with Crippen LogP contribution in [0.2, 0.25) is 0 Å². The number of likely N-dealkylation sites (tertiary alicyclic amines) is 1. The van der Waals surface area contributed by atoms with E-state index in [1.54, 1.807) is 12.4 Å². The maximum absolute atomic E-state index is 4.42. The van der Waals surface area contributed by atoms with Crippen molar-refractivity contribution in [1.29, 1.82) is 0 Å². The topological polar surface area (TPSA) is 40.4 Å². The van der Waals surface area contributed by atoms with E-state index in [9.17, 15) is 0 Å². The van der Waals surface area contributed by atoms with Crippen LogP contribution in [0.25, 0.3) is 5.95 Å². The predicted octanol–water partition coefficient (Wildman–Crippen LogP) is 1.87. The quantitative estimate of drug-likeness (QED) is 0.842. The molecule has 2 aromatic rings. The lowest BCUT2D eigenvalue weighted by atomic mass is 9.85. The summed E-state index contributed by atoms with van der Waals surface area (Å²) in [6, 6.07) is 6.16. The van der Waals surface area contributed by atoms with Gasteiger partial charge in [-0.2, -0.15) is 0 Å². The average Bonchev–Trinajstić information content (AvgIpc) is 3.06. The van der Waals surface area contributed by atoms with Crippen molar-refractivity contribution < 1.29 is 0 Å². The number of hydrogen-bond acceptors (Lipinski definition) is 5. The van der Waals surface area contributed by atoms with E-state index in [1.165, 1.54) is 44.6 Å². The molecule has 4 heterocycles. The van der Waals surface area contributed by atoms with Crippen LogP contribution in [0.15, 0.2) is 36.8 Å². The van der Waals surface area contributed by atoms with E-state index < -0.39 is 0 Å². The number of aromatic nitrogens is 3. The molecule has 0 bridgehead atoms. The van der Waals surface area contributed by atoms with Crippen LogP contribution >= 0.6 is 0 Å². The molecule has 26 heavy (non-hydrogen) atoms. The van der Waals surface area contributed by atoms with Gasteiger partial charge in [0.25, 0.3) is 0 Å². The molecule has 2 saturated heterocycles. The Morgan fingerprint density at radius 2 is 1.77 bits per heavy atom. The molecule has 0 saturated carbocycles. The summed E-state index contributed by atoms with van der Waals surface area (Å²) in [4.78, 5) is 16.6. The van der Waals surface area contributed by atoms with Crippen LogP contribution in [0.3, 0.4) is 0 Å². The van der Waals surface area contributed by atoms with Crippen molar-refractivity contribution in [3.05, 3.63) is 42.5 Å². The van der Waals surface area contributed by atoms with Crippen LogP contribution < -0.4 is 0 Å². The van der Waals surface area contributed by atoms with E-state index in [1.807, 2.05) is 6.07 Å². The largest absolute Gasteiger partial charge is 0.306 e. The summed E-state index contributed by atoms with van der Waals surface area (Å²) < 4.78 is 2.12. The van der Waals surface area contributed by atoms with Gasteiger partial charge >= 0.3 is 0 Å². The minimum absolute atomic E-state index is 0.323. The maximum atomic E-state index is 4.42. The third-order valence-corrected chi connectivity index (χ3v) is 6.20. The fourth-order valence-corrected chi connectivity index (χ4v) is 4.48. The normalized spacial score (nSPS) is 22.5. The summed E-state index contributed by atoms with van der Waals surface area (Å²) in [5.41, 5.74) is 1.59. The van der Waals surface area contributed by atoms with Crippen molar-refractivity contribution in [3.63, 3.8) is 0 Å². The first-order chi connectivity index (χ1) is 12.7. The molecule has 0 N–H and O–H groups in total. The van der Waals surface area contributed by atoms with Gasteiger partial charge in [0.2, 0.25) is 5.95 Å². The summed E-state index contributed by atoms with van der Waals surface area (Å²) in [6.45, 7) is 6.86. The Balaban J connectivity index is 1.53. The fourth-order valence-electron chi connectivity index (χ4n) is 4.48. The zero-order valence-corrected chi connectivity index (χ0v) is 16.0. The van der Waals surface area contributed by atoms with Crippen molar-refractivity contribution >= 4 is 0 Å². The first-order valence-corrected chi connectivity index (χ1v) is 9.72. The van der Waals surface area contributed by atoms with Crippen molar-refractivity contribution in [2.75, 3.05) is 46.8 Å². The monoisotopic (exact) mass is 354 g/mol. The lowest BCUT2D eigenvalue weighted by molar-refractivity contribution is 0.0334. The van der Waals surface area contributed by atoms with E-state index >= 15 is 0 Å². The Morgan fingerprint density at radius 1 is 1.00 bits per heavy atom. The highest BCUT2D eigenvalue weighted by atomic mass is 15.3. The van der Waals surface area contributed by atoms with Gasteiger partial charge in [0.15, 0.2) is 0 Å². The minimum Gasteiger partial charge on any atom is -0.306 e. The molecular weight excluding hydrogens is 324 g/mol. The Bertz CT molecular complexity index is 704. The smallest absolute Gasteiger partial charge is 0.233 e. The molecular formula is C20H30N6. The number of rotatable bonds is 3. The van der Waals surface area contributed by atoms with Gasteiger partial charge in [0.05, 0.1) is 0 Å². The van der Waals surface area contributed by atoms with E-state index in [4.69, 9.17) is 0 Å². The van der Waals surface area contributed by atoms with E-state index in [0.717, 1.165) is 25.6 Å². The van der Waals surface area contributed by atoms with Crippen LogP contribution in [0.4, 0.5) is 0 Å². The van der Waals surface area contributed by atoms with E-state index in [-0.39, 0.29) is 0 Å². The fraction of sp³-hybridized carbons (Fsp3) is 0.600. The van der Waals surface area contributed by atoms with Gasteiger partial charge in [-0.3, -0.25) is 14.4 Å². The molecule has 2 fully saturated rings. The number of nitrogens with zero attached hydrogens (tertiary/aromatic N) is 6. The summed E-state index contributed by atoms with van der Waals surface area (Å²) in [5.74, 6) is 0.758. The Labute approximate surface area is 156 Å². The van der Waals surface area contributed by atoms with Crippen molar-refractivity contribution in [3.8, 4) is 5.95 Å². The molecule has 6 nitrogen and oxygen atoms in total. The standard InChI is InChI=1S/C20H30N6/c1-23-14-7-20(8-15-23)17-25(12-5-11-24(20)2)16-18-6-3-13-26(18)19-21-9-4-10-22-19/h3-4,6,9-10,13H,5,7-8,11-12,14-17H2,1-2H3. The molecule has 2 aliphatic rings. The third-order valence-electron chi connectivity index (χ3n) is 6.20. The Kier molecular flexibility index (Phi) is 5.07. The number of piperidine rings is 1. The van der Waals surface area contributed by atoms with Crippen molar-refractivity contribution in [1.82, 2.24) is 29.2 Å². The van der Waals surface area contributed by atoms with Crippen molar-refractivity contribution in [2.24, 2.45) is 0 Å². The van der Waals surface area contributed by atoms with Gasteiger partial charge in [0.1, 0.15) is 0 Å². The zero-order chi connectivity index (χ0) is 18.0. The summed E-state index contributed by atoms with van der Waals surface area (Å²) in [7, 11) is 4.57. The highest BCUT2D eigenvalue weighted by Crippen LogP contribution is 2.31. The lowest BCUT2D eigenvalue weighted by Gasteiger charge is -2.47. The number of hydrogen-bond donors (Lipinski definition) is 0. The molecule has 1 spiro atoms. The highest BCUT2D eigenvalue weighted by molar-refractivity contribution is 5.20. The second kappa shape index (κ2) is 7.47. The molecule has 0 aliphatic carbocycles. The van der Waals surface area contributed by atoms with Gasteiger partial charge in [0, 0.05) is 42.9 Å². The SMILES string of the molecule is CN1CCC2(CC1)CN(Cc1cccn1-c1ncccn1)CCCN2C. The van der Waals surface area contributed by atoms with E-state index in [0.29, 0.717) is 5.54 Å². The molecule has 0 unspecified atom stereocenters. The molecule has 2 aliphatic heterocycles. The second-order valence-electron chi connectivity index (χ2n) is 7.93. The molecule has 0 amide bonds. The molecule has 140 valence electrons. The molecule has 2 aromatic heterocycles. The minimum atomic E-state index is 0.323. The summed E-state index contributed by atoms with van der Waals surface area (Å²) >= 11 is 0. The second-order valence-corrected chi connectivity index (χ2v) is 7.93. The van der Waals surface area contributed by atoms with Gasteiger partial charge in [-0.15, -0.1) is 0 Å². The van der Waals surface area contributed by atoms with Gasteiger partial charge in [-0.1, -0.05) is 0 Å². The van der Waals surface area contributed by atoms with Crippen LogP contribution in [0.1, 0.15) is 25.0 Å². The first kappa shape index (κ1) is 17.6. The van der Waals surface area contributed by atoms with Crippen LogP contribution in [-0.2, 0) is 6.54 Å².